The van der Waals surface area contributed by atoms with Gasteiger partial charge in [0.25, 0.3) is 0 Å². The zero-order chi connectivity index (χ0) is 34.5. The quantitative estimate of drug-likeness (QED) is 0.200. The highest BCUT2D eigenvalue weighted by atomic mass is 16.7. The minimum atomic E-state index is -1.35. The van der Waals surface area contributed by atoms with Crippen LogP contribution in [0.3, 0.4) is 0 Å². The highest BCUT2D eigenvalue weighted by Gasteiger charge is 2.69. The van der Waals surface area contributed by atoms with Crippen LogP contribution in [0.5, 0.6) is 0 Å². The number of carboxylic acid groups (broad SMARTS) is 1. The molecule has 0 bridgehead atoms. The lowest BCUT2D eigenvalue weighted by Crippen LogP contribution is -2.67. The van der Waals surface area contributed by atoms with E-state index in [1.807, 2.05) is 0 Å². The van der Waals surface area contributed by atoms with Crippen LogP contribution in [0.2, 0.25) is 0 Å². The number of carboxylic acids is 1. The molecular formula is C38H61NO8. The van der Waals surface area contributed by atoms with Gasteiger partial charge in [-0.05, 0) is 109 Å². The molecule has 1 amide bonds. The molecule has 1 saturated heterocycles. The van der Waals surface area contributed by atoms with Gasteiger partial charge in [0.05, 0.1) is 18.1 Å². The fraction of sp³-hybridized carbons (Fsp3) is 0.895. The molecule has 6 rings (SSSR count). The number of allylic oxidation sites excluding steroid dienone is 2. The summed E-state index contributed by atoms with van der Waals surface area (Å²) in [6.07, 6.45) is 6.79. The van der Waals surface area contributed by atoms with Crippen LogP contribution in [0.25, 0.3) is 0 Å². The first-order valence-electron chi connectivity index (χ1n) is 18.3. The molecule has 5 fully saturated rings. The highest BCUT2D eigenvalue weighted by molar-refractivity contribution is 5.76. The molecule has 0 aromatic rings. The smallest absolute Gasteiger partial charge is 0.310 e. The number of aliphatic hydroxyl groups excluding tert-OH is 3. The number of carbonyl (C=O) groups is 2. The second-order valence-electron chi connectivity index (χ2n) is 18.6. The second-order valence-corrected chi connectivity index (χ2v) is 18.6. The van der Waals surface area contributed by atoms with Gasteiger partial charge in [-0.25, -0.2) is 0 Å². The van der Waals surface area contributed by atoms with Gasteiger partial charge < -0.3 is 35.2 Å². The van der Waals surface area contributed by atoms with E-state index < -0.39 is 48.6 Å². The van der Waals surface area contributed by atoms with Gasteiger partial charge in [0.2, 0.25) is 5.91 Å². The fourth-order valence-corrected chi connectivity index (χ4v) is 12.6. The molecule has 0 aromatic carbocycles. The van der Waals surface area contributed by atoms with E-state index >= 15 is 0 Å². The third-order valence-corrected chi connectivity index (χ3v) is 15.6. The lowest BCUT2D eigenvalue weighted by atomic mass is 9.33. The number of aliphatic carboxylic acids is 1. The number of carbonyl (C=O) groups excluding carboxylic acids is 1. The Morgan fingerprint density at radius 1 is 0.936 bits per heavy atom. The Kier molecular flexibility index (Phi) is 8.65. The SMILES string of the molecule is CC(=O)N[C@H]1[C@H](O[C@H]2CC[C@@]3(C)[C@H](CC[C@]4(C)[C@H]3CC=C3[C@@H]5CC(C)(C)CC[C@]5(C(=O)O)CC[C@]34C)C2(C)C)O[C@H](CO)[C@@H](O)[C@@H]1O. The van der Waals surface area contributed by atoms with Crippen LogP contribution >= 0.6 is 0 Å². The average molecular weight is 660 g/mol. The summed E-state index contributed by atoms with van der Waals surface area (Å²) in [5, 5.41) is 44.7. The number of aliphatic hydroxyl groups is 3. The third kappa shape index (κ3) is 5.10. The first-order valence-corrected chi connectivity index (χ1v) is 18.3. The first-order chi connectivity index (χ1) is 21.8. The number of amides is 1. The summed E-state index contributed by atoms with van der Waals surface area (Å²) in [4.78, 5) is 25.0. The Balaban J connectivity index is 1.29. The number of nitrogens with one attached hydrogen (secondary N) is 1. The Hall–Kier alpha value is -1.52. The van der Waals surface area contributed by atoms with Crippen molar-refractivity contribution in [3.8, 4) is 0 Å². The minimum Gasteiger partial charge on any atom is -0.481 e. The van der Waals surface area contributed by atoms with Crippen molar-refractivity contribution in [3.05, 3.63) is 11.6 Å². The minimum absolute atomic E-state index is 0.0440. The van der Waals surface area contributed by atoms with Crippen LogP contribution in [-0.2, 0) is 19.1 Å². The predicted molar refractivity (Wildman–Crippen MR) is 177 cm³/mol. The van der Waals surface area contributed by atoms with Crippen molar-refractivity contribution in [1.82, 2.24) is 5.32 Å². The zero-order valence-corrected chi connectivity index (χ0v) is 30.0. The predicted octanol–water partition coefficient (Wildman–Crippen LogP) is 5.20. The Labute approximate surface area is 281 Å². The molecule has 0 radical (unpaired) electrons. The molecule has 9 nitrogen and oxygen atoms in total. The normalized spacial score (nSPS) is 50.1. The van der Waals surface area contributed by atoms with E-state index in [4.69, 9.17) is 9.47 Å². The molecule has 6 aliphatic rings. The van der Waals surface area contributed by atoms with Crippen molar-refractivity contribution < 1.29 is 39.5 Å². The van der Waals surface area contributed by atoms with Crippen molar-refractivity contribution in [2.45, 2.75) is 156 Å². The Morgan fingerprint density at radius 3 is 2.26 bits per heavy atom. The average Bonchev–Trinajstić information content (AvgIpc) is 2.97. The molecule has 266 valence electrons. The summed E-state index contributed by atoms with van der Waals surface area (Å²) in [6, 6.07) is -0.958. The standard InChI is InChI=1S/C38H61NO8/c1-21(41)39-28-30(43)29(42)24(20-40)46-31(28)47-27-12-13-35(6)25(34(27,4)5)11-14-37(8)26(35)10-9-22-23-19-33(2,3)15-17-38(23,32(44)45)18-16-36(22,37)7/h9,23-31,40,42-43H,10-20H2,1-8H3,(H,39,41)(H,44,45)/t23-,24+,25+,26-,27-,28+,29+,30+,31-,35-,36+,37+,38-/m0/s1. The molecular weight excluding hydrogens is 598 g/mol. The fourth-order valence-electron chi connectivity index (χ4n) is 12.6. The molecule has 0 spiro atoms. The van der Waals surface area contributed by atoms with Crippen molar-refractivity contribution in [2.24, 2.45) is 50.2 Å². The lowest BCUT2D eigenvalue weighted by molar-refractivity contribution is -0.306. The molecule has 1 heterocycles. The van der Waals surface area contributed by atoms with Gasteiger partial charge in [-0.1, -0.05) is 60.1 Å². The summed E-state index contributed by atoms with van der Waals surface area (Å²) in [6.45, 7) is 17.6. The maximum Gasteiger partial charge on any atom is 0.310 e. The van der Waals surface area contributed by atoms with Crippen LogP contribution in [-0.4, -0.2) is 75.7 Å². The van der Waals surface area contributed by atoms with Gasteiger partial charge in [0.1, 0.15) is 24.4 Å². The Bertz CT molecular complexity index is 1300. The summed E-state index contributed by atoms with van der Waals surface area (Å²) in [5.41, 5.74) is 0.733. The van der Waals surface area contributed by atoms with Gasteiger partial charge in [0, 0.05) is 6.92 Å². The number of hydrogen-bond donors (Lipinski definition) is 5. The van der Waals surface area contributed by atoms with Crippen molar-refractivity contribution in [2.75, 3.05) is 6.61 Å². The molecule has 13 atom stereocenters. The van der Waals surface area contributed by atoms with E-state index in [2.05, 4.69) is 59.9 Å². The van der Waals surface area contributed by atoms with Gasteiger partial charge in [-0.15, -0.1) is 0 Å². The van der Waals surface area contributed by atoms with Crippen LogP contribution in [0.15, 0.2) is 11.6 Å². The highest BCUT2D eigenvalue weighted by Crippen LogP contribution is 2.76. The van der Waals surface area contributed by atoms with E-state index in [1.54, 1.807) is 0 Å². The zero-order valence-electron chi connectivity index (χ0n) is 30.0. The van der Waals surface area contributed by atoms with Crippen LogP contribution in [0.4, 0.5) is 0 Å². The van der Waals surface area contributed by atoms with Gasteiger partial charge >= 0.3 is 5.97 Å². The van der Waals surface area contributed by atoms with Crippen LogP contribution < -0.4 is 5.32 Å². The molecule has 5 aliphatic carbocycles. The molecule has 1 aliphatic heterocycles. The van der Waals surface area contributed by atoms with E-state index in [-0.39, 0.29) is 45.0 Å². The van der Waals surface area contributed by atoms with E-state index in [1.165, 1.54) is 12.5 Å². The van der Waals surface area contributed by atoms with E-state index in [0.29, 0.717) is 11.8 Å². The number of rotatable bonds is 5. The third-order valence-electron chi connectivity index (χ3n) is 15.6. The molecule has 4 saturated carbocycles. The molecule has 47 heavy (non-hydrogen) atoms. The van der Waals surface area contributed by atoms with Crippen LogP contribution in [0.1, 0.15) is 120 Å². The molecule has 0 aromatic heterocycles. The first kappa shape index (κ1) is 35.3. The number of ether oxygens (including phenoxy) is 2. The number of hydrogen-bond acceptors (Lipinski definition) is 7. The molecule has 5 N–H and O–H groups in total. The van der Waals surface area contributed by atoms with E-state index in [9.17, 15) is 30.0 Å². The van der Waals surface area contributed by atoms with Crippen molar-refractivity contribution >= 4 is 11.9 Å². The van der Waals surface area contributed by atoms with Crippen molar-refractivity contribution in [3.63, 3.8) is 0 Å². The van der Waals surface area contributed by atoms with Gasteiger partial charge in [-0.3, -0.25) is 9.59 Å². The summed E-state index contributed by atoms with van der Waals surface area (Å²) < 4.78 is 12.7. The number of fused-ring (bicyclic) bond motifs is 7. The lowest BCUT2D eigenvalue weighted by Gasteiger charge is -2.71. The summed E-state index contributed by atoms with van der Waals surface area (Å²) in [5.74, 6) is -0.0617. The summed E-state index contributed by atoms with van der Waals surface area (Å²) in [7, 11) is 0. The van der Waals surface area contributed by atoms with E-state index in [0.717, 1.165) is 64.2 Å². The Morgan fingerprint density at radius 2 is 1.62 bits per heavy atom. The van der Waals surface area contributed by atoms with Crippen molar-refractivity contribution in [1.29, 1.82) is 0 Å². The molecule has 0 unspecified atom stereocenters. The van der Waals surface area contributed by atoms with Gasteiger partial charge in [0.15, 0.2) is 6.29 Å². The second kappa shape index (κ2) is 11.5. The maximum absolute atomic E-state index is 13.0. The maximum atomic E-state index is 13.0. The monoisotopic (exact) mass is 659 g/mol. The van der Waals surface area contributed by atoms with Gasteiger partial charge in [-0.2, -0.15) is 0 Å². The summed E-state index contributed by atoms with van der Waals surface area (Å²) >= 11 is 0. The molecule has 9 heteroatoms. The van der Waals surface area contributed by atoms with Crippen LogP contribution in [0, 0.1) is 50.2 Å². The largest absolute Gasteiger partial charge is 0.481 e. The topological polar surface area (TPSA) is 146 Å².